The average Bonchev–Trinajstić information content (AvgIpc) is 2.44. The van der Waals surface area contributed by atoms with Crippen LogP contribution in [0.2, 0.25) is 0 Å². The molecule has 1 aliphatic rings. The number of aromatic carboxylic acids is 1. The number of amides is 1. The first-order chi connectivity index (χ1) is 9.78. The van der Waals surface area contributed by atoms with Crippen molar-refractivity contribution in [3.8, 4) is 0 Å². The molecule has 1 amide bonds. The molecule has 1 heterocycles. The smallest absolute Gasteiger partial charge is 0.356 e. The fraction of sp³-hybridized carbons (Fsp3) is 0.571. The monoisotopic (exact) mass is 293 g/mol. The summed E-state index contributed by atoms with van der Waals surface area (Å²) in [6.07, 6.45) is 2.33. The molecule has 1 aromatic heterocycles. The standard InChI is InChI=1S/C14H19N3O4/c1-7-10(14(2,3)11(7)21-4)17-12(18)8-5-16-9(6-15-8)13(19)20/h5-7,10-11H,1-4H3,(H,17,18)(H,19,20). The van der Waals surface area contributed by atoms with E-state index in [9.17, 15) is 9.59 Å². The molecule has 0 radical (unpaired) electrons. The number of carboxylic acids is 1. The zero-order valence-electron chi connectivity index (χ0n) is 12.5. The van der Waals surface area contributed by atoms with Crippen LogP contribution in [-0.2, 0) is 4.74 Å². The molecule has 7 heteroatoms. The fourth-order valence-electron chi connectivity index (χ4n) is 3.20. The van der Waals surface area contributed by atoms with Crippen molar-refractivity contribution < 1.29 is 19.4 Å². The lowest BCUT2D eigenvalue weighted by Crippen LogP contribution is -2.67. The number of hydrogen-bond acceptors (Lipinski definition) is 5. The fourth-order valence-corrected chi connectivity index (χ4v) is 3.20. The highest BCUT2D eigenvalue weighted by Crippen LogP contribution is 2.46. The zero-order chi connectivity index (χ0) is 15.8. The van der Waals surface area contributed by atoms with Crippen molar-refractivity contribution in [3.05, 3.63) is 23.8 Å². The van der Waals surface area contributed by atoms with E-state index in [0.29, 0.717) is 0 Å². The Morgan fingerprint density at radius 3 is 2.29 bits per heavy atom. The van der Waals surface area contributed by atoms with Gasteiger partial charge in [0.1, 0.15) is 5.69 Å². The van der Waals surface area contributed by atoms with Gasteiger partial charge in [0.2, 0.25) is 0 Å². The Kier molecular flexibility index (Phi) is 3.95. The number of methoxy groups -OCH3 is 1. The van der Waals surface area contributed by atoms with Gasteiger partial charge in [-0.05, 0) is 0 Å². The minimum absolute atomic E-state index is 0.0316. The molecule has 0 saturated heterocycles. The molecule has 3 atom stereocenters. The second kappa shape index (κ2) is 5.40. The number of hydrogen-bond donors (Lipinski definition) is 2. The predicted molar refractivity (Wildman–Crippen MR) is 74.0 cm³/mol. The van der Waals surface area contributed by atoms with E-state index in [2.05, 4.69) is 15.3 Å². The Morgan fingerprint density at radius 2 is 1.86 bits per heavy atom. The highest BCUT2D eigenvalue weighted by molar-refractivity contribution is 5.93. The molecule has 0 spiro atoms. The third-order valence-corrected chi connectivity index (χ3v) is 4.18. The molecule has 21 heavy (non-hydrogen) atoms. The maximum atomic E-state index is 12.2. The van der Waals surface area contributed by atoms with Crippen LogP contribution >= 0.6 is 0 Å². The molecule has 0 bridgehead atoms. The first kappa shape index (κ1) is 15.4. The summed E-state index contributed by atoms with van der Waals surface area (Å²) in [5, 5.41) is 11.7. The zero-order valence-corrected chi connectivity index (χ0v) is 12.5. The Morgan fingerprint density at radius 1 is 1.29 bits per heavy atom. The molecule has 114 valence electrons. The maximum absolute atomic E-state index is 12.2. The Hall–Kier alpha value is -2.02. The van der Waals surface area contributed by atoms with Crippen LogP contribution in [0, 0.1) is 11.3 Å². The average molecular weight is 293 g/mol. The summed E-state index contributed by atoms with van der Waals surface area (Å²) in [6.45, 7) is 6.08. The van der Waals surface area contributed by atoms with E-state index >= 15 is 0 Å². The van der Waals surface area contributed by atoms with Crippen molar-refractivity contribution in [1.29, 1.82) is 0 Å². The van der Waals surface area contributed by atoms with Gasteiger partial charge < -0.3 is 15.2 Å². The van der Waals surface area contributed by atoms with Crippen molar-refractivity contribution in [1.82, 2.24) is 15.3 Å². The van der Waals surface area contributed by atoms with Crippen LogP contribution in [0.3, 0.4) is 0 Å². The van der Waals surface area contributed by atoms with Crippen LogP contribution in [0.4, 0.5) is 0 Å². The molecule has 0 aromatic carbocycles. The van der Waals surface area contributed by atoms with Crippen LogP contribution in [0.25, 0.3) is 0 Å². The van der Waals surface area contributed by atoms with Gasteiger partial charge >= 0.3 is 5.97 Å². The Bertz CT molecular complexity index is 556. The SMILES string of the molecule is COC1C(C)C(NC(=O)c2cnc(C(=O)O)cn2)C1(C)C. The largest absolute Gasteiger partial charge is 0.476 e. The van der Waals surface area contributed by atoms with Crippen LogP contribution in [-0.4, -0.2) is 46.2 Å². The molecule has 1 aliphatic carbocycles. The third-order valence-electron chi connectivity index (χ3n) is 4.18. The second-order valence-electron chi connectivity index (χ2n) is 5.88. The van der Waals surface area contributed by atoms with Gasteiger partial charge in [-0.1, -0.05) is 20.8 Å². The van der Waals surface area contributed by atoms with Crippen molar-refractivity contribution in [2.45, 2.75) is 32.9 Å². The molecule has 2 rings (SSSR count). The van der Waals surface area contributed by atoms with Crippen LogP contribution in [0.1, 0.15) is 41.7 Å². The molecule has 1 fully saturated rings. The molecule has 0 aliphatic heterocycles. The van der Waals surface area contributed by atoms with Gasteiger partial charge in [-0.3, -0.25) is 4.79 Å². The first-order valence-electron chi connectivity index (χ1n) is 6.68. The minimum atomic E-state index is -1.17. The topological polar surface area (TPSA) is 101 Å². The number of carbonyl (C=O) groups excluding carboxylic acids is 1. The van der Waals surface area contributed by atoms with Crippen molar-refractivity contribution in [2.75, 3.05) is 7.11 Å². The van der Waals surface area contributed by atoms with Crippen LogP contribution in [0.5, 0.6) is 0 Å². The summed E-state index contributed by atoms with van der Waals surface area (Å²) in [5.74, 6) is -1.34. The van der Waals surface area contributed by atoms with Crippen molar-refractivity contribution >= 4 is 11.9 Å². The highest BCUT2D eigenvalue weighted by atomic mass is 16.5. The van der Waals surface area contributed by atoms with Gasteiger partial charge in [-0.2, -0.15) is 0 Å². The number of carboxylic acid groups (broad SMARTS) is 1. The van der Waals surface area contributed by atoms with E-state index in [0.717, 1.165) is 6.20 Å². The van der Waals surface area contributed by atoms with Gasteiger partial charge in [0.25, 0.3) is 5.91 Å². The summed E-state index contributed by atoms with van der Waals surface area (Å²) >= 11 is 0. The lowest BCUT2D eigenvalue weighted by molar-refractivity contribution is -0.141. The normalized spacial score (nSPS) is 26.8. The summed E-state index contributed by atoms with van der Waals surface area (Å²) in [5.41, 5.74) is -0.259. The number of carbonyl (C=O) groups is 2. The van der Waals surface area contributed by atoms with E-state index in [1.807, 2.05) is 20.8 Å². The van der Waals surface area contributed by atoms with E-state index in [1.54, 1.807) is 7.11 Å². The van der Waals surface area contributed by atoms with Gasteiger partial charge in [0.15, 0.2) is 5.69 Å². The second-order valence-corrected chi connectivity index (χ2v) is 5.88. The lowest BCUT2D eigenvalue weighted by atomic mass is 9.58. The summed E-state index contributed by atoms with van der Waals surface area (Å²) in [7, 11) is 1.66. The van der Waals surface area contributed by atoms with Crippen LogP contribution < -0.4 is 5.32 Å². The quantitative estimate of drug-likeness (QED) is 0.857. The van der Waals surface area contributed by atoms with Gasteiger partial charge in [0.05, 0.1) is 18.5 Å². The minimum Gasteiger partial charge on any atom is -0.476 e. The predicted octanol–water partition coefficient (Wildman–Crippen LogP) is 0.964. The molecule has 1 saturated carbocycles. The van der Waals surface area contributed by atoms with E-state index < -0.39 is 5.97 Å². The molecule has 1 aromatic rings. The number of rotatable bonds is 4. The molecule has 3 unspecified atom stereocenters. The third kappa shape index (κ3) is 2.61. The number of nitrogens with one attached hydrogen (secondary N) is 1. The van der Waals surface area contributed by atoms with E-state index in [-0.39, 0.29) is 40.8 Å². The molecular formula is C14H19N3O4. The maximum Gasteiger partial charge on any atom is 0.356 e. The van der Waals surface area contributed by atoms with Gasteiger partial charge in [0, 0.05) is 24.5 Å². The lowest BCUT2D eigenvalue weighted by Gasteiger charge is -2.56. The van der Waals surface area contributed by atoms with Crippen molar-refractivity contribution in [3.63, 3.8) is 0 Å². The Labute approximate surface area is 122 Å². The molecule has 2 N–H and O–H groups in total. The molecular weight excluding hydrogens is 274 g/mol. The van der Waals surface area contributed by atoms with Gasteiger partial charge in [-0.25, -0.2) is 14.8 Å². The number of ether oxygens (including phenoxy) is 1. The summed E-state index contributed by atoms with van der Waals surface area (Å²) in [6, 6.07) is -0.0316. The Balaban J connectivity index is 2.07. The highest BCUT2D eigenvalue weighted by Gasteiger charge is 2.55. The first-order valence-corrected chi connectivity index (χ1v) is 6.68. The van der Waals surface area contributed by atoms with Crippen LogP contribution in [0.15, 0.2) is 12.4 Å². The number of nitrogens with zero attached hydrogens (tertiary/aromatic N) is 2. The molecule has 7 nitrogen and oxygen atoms in total. The number of aromatic nitrogens is 2. The van der Waals surface area contributed by atoms with Gasteiger partial charge in [-0.15, -0.1) is 0 Å². The van der Waals surface area contributed by atoms with E-state index in [1.165, 1.54) is 6.20 Å². The van der Waals surface area contributed by atoms with Crippen molar-refractivity contribution in [2.24, 2.45) is 11.3 Å². The summed E-state index contributed by atoms with van der Waals surface area (Å²) in [4.78, 5) is 30.4. The van der Waals surface area contributed by atoms with E-state index in [4.69, 9.17) is 9.84 Å². The summed E-state index contributed by atoms with van der Waals surface area (Å²) < 4.78 is 5.43.